The lowest BCUT2D eigenvalue weighted by Gasteiger charge is -2.41. The van der Waals surface area contributed by atoms with Gasteiger partial charge >= 0.3 is 0 Å². The number of carbonyl (C=O) groups is 1. The van der Waals surface area contributed by atoms with Crippen molar-refractivity contribution >= 4 is 17.3 Å². The maximum absolute atomic E-state index is 13.3. The molecule has 0 aromatic heterocycles. The van der Waals surface area contributed by atoms with Crippen molar-refractivity contribution in [1.82, 2.24) is 0 Å². The molecule has 4 heteroatoms. The minimum absolute atomic E-state index is 0.00247. The molecule has 3 aromatic carbocycles. The highest BCUT2D eigenvalue weighted by molar-refractivity contribution is 6.07. The third-order valence-electron chi connectivity index (χ3n) is 5.69. The van der Waals surface area contributed by atoms with Gasteiger partial charge in [0.05, 0.1) is 11.7 Å². The van der Waals surface area contributed by atoms with E-state index < -0.39 is 0 Å². The summed E-state index contributed by atoms with van der Waals surface area (Å²) in [5.41, 5.74) is 5.92. The van der Waals surface area contributed by atoms with Crippen LogP contribution < -0.4 is 10.2 Å². The van der Waals surface area contributed by atoms with Gasteiger partial charge < -0.3 is 10.2 Å². The van der Waals surface area contributed by atoms with Crippen LogP contribution in [0.4, 0.5) is 15.8 Å². The zero-order chi connectivity index (χ0) is 20.5. The van der Waals surface area contributed by atoms with Crippen LogP contribution in [0.15, 0.2) is 66.7 Å². The fourth-order valence-electron chi connectivity index (χ4n) is 4.18. The van der Waals surface area contributed by atoms with Gasteiger partial charge in [0.1, 0.15) is 5.82 Å². The van der Waals surface area contributed by atoms with Crippen molar-refractivity contribution in [2.24, 2.45) is 0 Å². The minimum atomic E-state index is -0.340. The largest absolute Gasteiger partial charge is 0.378 e. The number of fused-ring (bicyclic) bond motifs is 1. The van der Waals surface area contributed by atoms with Crippen molar-refractivity contribution in [3.63, 3.8) is 0 Å². The summed E-state index contributed by atoms with van der Waals surface area (Å²) in [6.45, 7) is 6.20. The highest BCUT2D eigenvalue weighted by Crippen LogP contribution is 2.41. The van der Waals surface area contributed by atoms with Crippen molar-refractivity contribution < 1.29 is 9.18 Å². The van der Waals surface area contributed by atoms with Gasteiger partial charge in [-0.05, 0) is 74.2 Å². The predicted molar refractivity (Wildman–Crippen MR) is 116 cm³/mol. The van der Waals surface area contributed by atoms with E-state index in [2.05, 4.69) is 37.4 Å². The SMILES string of the molecule is Cc1ccccc1N[C@H]1C[C@H](C)N(C(=O)c2ccc(F)cc2)c2c(C)cccc21. The van der Waals surface area contributed by atoms with Crippen LogP contribution in [0, 0.1) is 19.7 Å². The molecule has 0 radical (unpaired) electrons. The lowest BCUT2D eigenvalue weighted by Crippen LogP contribution is -2.44. The summed E-state index contributed by atoms with van der Waals surface area (Å²) in [5, 5.41) is 3.68. The number of nitrogens with one attached hydrogen (secondary N) is 1. The number of amides is 1. The number of halogens is 1. The second-order valence-corrected chi connectivity index (χ2v) is 7.79. The maximum Gasteiger partial charge on any atom is 0.258 e. The van der Waals surface area contributed by atoms with E-state index in [1.807, 2.05) is 36.1 Å². The van der Waals surface area contributed by atoms with Gasteiger partial charge in [0.15, 0.2) is 0 Å². The van der Waals surface area contributed by atoms with Crippen molar-refractivity contribution in [2.45, 2.75) is 39.3 Å². The van der Waals surface area contributed by atoms with Gasteiger partial charge in [-0.25, -0.2) is 4.39 Å². The van der Waals surface area contributed by atoms with E-state index in [1.54, 1.807) is 12.1 Å². The summed E-state index contributed by atoms with van der Waals surface area (Å²) in [6.07, 6.45) is 0.789. The van der Waals surface area contributed by atoms with Crippen molar-refractivity contribution in [3.8, 4) is 0 Å². The third kappa shape index (κ3) is 3.63. The topological polar surface area (TPSA) is 32.3 Å². The normalized spacial score (nSPS) is 18.3. The highest BCUT2D eigenvalue weighted by Gasteiger charge is 2.35. The number of benzene rings is 3. The van der Waals surface area contributed by atoms with Crippen LogP contribution in [0.3, 0.4) is 0 Å². The number of nitrogens with zero attached hydrogens (tertiary/aromatic N) is 1. The minimum Gasteiger partial charge on any atom is -0.378 e. The van der Waals surface area contributed by atoms with Crippen LogP contribution in [0.2, 0.25) is 0 Å². The molecule has 4 rings (SSSR count). The summed E-state index contributed by atoms with van der Waals surface area (Å²) >= 11 is 0. The Bertz CT molecular complexity index is 1040. The second kappa shape index (κ2) is 7.70. The maximum atomic E-state index is 13.3. The zero-order valence-electron chi connectivity index (χ0n) is 16.9. The first-order chi connectivity index (χ1) is 14.0. The number of hydrogen-bond acceptors (Lipinski definition) is 2. The van der Waals surface area contributed by atoms with E-state index in [1.165, 1.54) is 17.7 Å². The molecule has 1 aliphatic rings. The molecular formula is C25H25FN2O. The first kappa shape index (κ1) is 19.2. The molecule has 1 heterocycles. The van der Waals surface area contributed by atoms with E-state index in [0.717, 1.165) is 28.9 Å². The molecule has 0 saturated heterocycles. The van der Waals surface area contributed by atoms with E-state index in [0.29, 0.717) is 5.56 Å². The Kier molecular flexibility index (Phi) is 5.10. The predicted octanol–water partition coefficient (Wildman–Crippen LogP) is 6.03. The Balaban J connectivity index is 1.74. The zero-order valence-corrected chi connectivity index (χ0v) is 16.9. The Morgan fingerprint density at radius 1 is 0.966 bits per heavy atom. The Morgan fingerprint density at radius 2 is 1.66 bits per heavy atom. The van der Waals surface area contributed by atoms with Crippen LogP contribution in [-0.2, 0) is 0 Å². The van der Waals surface area contributed by atoms with Gasteiger partial charge in [0.25, 0.3) is 5.91 Å². The summed E-state index contributed by atoms with van der Waals surface area (Å²) < 4.78 is 13.3. The van der Waals surface area contributed by atoms with Crippen LogP contribution in [-0.4, -0.2) is 11.9 Å². The van der Waals surface area contributed by atoms with Gasteiger partial charge in [0, 0.05) is 17.3 Å². The van der Waals surface area contributed by atoms with Crippen LogP contribution in [0.5, 0.6) is 0 Å². The molecule has 148 valence electrons. The molecule has 3 nitrogen and oxygen atoms in total. The highest BCUT2D eigenvalue weighted by atomic mass is 19.1. The van der Waals surface area contributed by atoms with Crippen molar-refractivity contribution in [1.29, 1.82) is 0 Å². The summed E-state index contributed by atoms with van der Waals surface area (Å²) in [5.74, 6) is -0.435. The van der Waals surface area contributed by atoms with Crippen molar-refractivity contribution in [3.05, 3.63) is 94.8 Å². The number of hydrogen-bond donors (Lipinski definition) is 1. The molecule has 1 aliphatic heterocycles. The number of anilines is 2. The van der Waals surface area contributed by atoms with Crippen LogP contribution >= 0.6 is 0 Å². The van der Waals surface area contributed by atoms with Gasteiger partial charge in [-0.3, -0.25) is 4.79 Å². The first-order valence-corrected chi connectivity index (χ1v) is 9.96. The molecule has 2 atom stereocenters. The number of para-hydroxylation sites is 2. The lowest BCUT2D eigenvalue weighted by atomic mass is 9.88. The molecule has 1 amide bonds. The third-order valence-corrected chi connectivity index (χ3v) is 5.69. The van der Waals surface area contributed by atoms with Crippen LogP contribution in [0.1, 0.15) is 46.4 Å². The molecule has 0 fully saturated rings. The molecule has 3 aromatic rings. The fourth-order valence-corrected chi connectivity index (χ4v) is 4.18. The smallest absolute Gasteiger partial charge is 0.258 e. The van der Waals surface area contributed by atoms with E-state index >= 15 is 0 Å². The van der Waals surface area contributed by atoms with E-state index in [9.17, 15) is 9.18 Å². The number of carbonyl (C=O) groups excluding carboxylic acids is 1. The first-order valence-electron chi connectivity index (χ1n) is 9.96. The molecule has 1 N–H and O–H groups in total. The summed E-state index contributed by atoms with van der Waals surface area (Å²) in [4.78, 5) is 15.2. The van der Waals surface area contributed by atoms with Gasteiger partial charge in [-0.1, -0.05) is 36.4 Å². The molecule has 0 aliphatic carbocycles. The van der Waals surface area contributed by atoms with Gasteiger partial charge in [-0.2, -0.15) is 0 Å². The molecule has 0 spiro atoms. The van der Waals surface area contributed by atoms with E-state index in [-0.39, 0.29) is 23.8 Å². The average molecular weight is 388 g/mol. The lowest BCUT2D eigenvalue weighted by molar-refractivity contribution is 0.0974. The Morgan fingerprint density at radius 3 is 2.38 bits per heavy atom. The van der Waals surface area contributed by atoms with E-state index in [4.69, 9.17) is 0 Å². The molecule has 0 unspecified atom stereocenters. The monoisotopic (exact) mass is 388 g/mol. The van der Waals surface area contributed by atoms with Gasteiger partial charge in [0.2, 0.25) is 0 Å². The Labute approximate surface area is 171 Å². The summed E-state index contributed by atoms with van der Waals surface area (Å²) in [6, 6.07) is 20.3. The molecular weight excluding hydrogens is 363 g/mol. The number of rotatable bonds is 3. The van der Waals surface area contributed by atoms with Crippen molar-refractivity contribution in [2.75, 3.05) is 10.2 Å². The molecule has 0 saturated carbocycles. The fraction of sp³-hybridized carbons (Fsp3) is 0.240. The second-order valence-electron chi connectivity index (χ2n) is 7.79. The average Bonchev–Trinajstić information content (AvgIpc) is 2.70. The standard InChI is InChI=1S/C25H25FN2O/c1-16-7-4-5-10-22(16)27-23-15-18(3)28(24-17(2)8-6-9-21(23)24)25(29)19-11-13-20(26)14-12-19/h4-14,18,23,27H,15H2,1-3H3/t18-,23-/m0/s1. The quantitative estimate of drug-likeness (QED) is 0.594. The summed E-state index contributed by atoms with van der Waals surface area (Å²) in [7, 11) is 0. The molecule has 0 bridgehead atoms. The molecule has 29 heavy (non-hydrogen) atoms. The number of aryl methyl sites for hydroxylation is 2. The Hall–Kier alpha value is -3.14. The van der Waals surface area contributed by atoms with Gasteiger partial charge in [-0.15, -0.1) is 0 Å². The van der Waals surface area contributed by atoms with Crippen LogP contribution in [0.25, 0.3) is 0 Å².